The summed E-state index contributed by atoms with van der Waals surface area (Å²) in [7, 11) is -3.57. The molecule has 2 aromatic carbocycles. The van der Waals surface area contributed by atoms with Crippen molar-refractivity contribution in [1.29, 1.82) is 0 Å². The van der Waals surface area contributed by atoms with Gasteiger partial charge in [0, 0.05) is 29.6 Å². The van der Waals surface area contributed by atoms with Crippen LogP contribution in [0.4, 0.5) is 10.1 Å². The Kier molecular flexibility index (Phi) is 7.55. The molecule has 1 amide bonds. The van der Waals surface area contributed by atoms with Gasteiger partial charge >= 0.3 is 0 Å². The highest BCUT2D eigenvalue weighted by Gasteiger charge is 2.26. The Morgan fingerprint density at radius 1 is 1.17 bits per heavy atom. The Morgan fingerprint density at radius 3 is 2.57 bits per heavy atom. The minimum Gasteiger partial charge on any atom is -0.325 e. The molecule has 0 aliphatic carbocycles. The number of halogens is 1. The van der Waals surface area contributed by atoms with Gasteiger partial charge in [0.15, 0.2) is 0 Å². The lowest BCUT2D eigenvalue weighted by molar-refractivity contribution is -0.113. The number of nitrogens with zero attached hydrogens (tertiary/aromatic N) is 1. The number of amides is 1. The van der Waals surface area contributed by atoms with Crippen molar-refractivity contribution in [3.63, 3.8) is 0 Å². The number of anilines is 1. The van der Waals surface area contributed by atoms with Crippen LogP contribution in [-0.4, -0.2) is 37.5 Å². The van der Waals surface area contributed by atoms with E-state index in [-0.39, 0.29) is 27.6 Å². The zero-order valence-corrected chi connectivity index (χ0v) is 18.9. The van der Waals surface area contributed by atoms with Crippen molar-refractivity contribution in [3.8, 4) is 0 Å². The number of thioether (sulfide) groups is 1. The molecule has 0 bridgehead atoms. The molecule has 1 aliphatic heterocycles. The van der Waals surface area contributed by atoms with Crippen LogP contribution < -0.4 is 5.32 Å². The van der Waals surface area contributed by atoms with E-state index in [9.17, 15) is 17.6 Å². The summed E-state index contributed by atoms with van der Waals surface area (Å²) in [6.45, 7) is 4.74. The molecule has 0 radical (unpaired) electrons. The Balaban J connectivity index is 1.66. The van der Waals surface area contributed by atoms with Crippen molar-refractivity contribution in [2.45, 2.75) is 43.3 Å². The van der Waals surface area contributed by atoms with E-state index in [0.717, 1.165) is 24.8 Å². The average molecular weight is 451 g/mol. The molecule has 1 saturated heterocycles. The number of sulfonamides is 1. The normalized spacial score (nSPS) is 16.2. The number of aryl methyl sites for hydroxylation is 1. The molecule has 1 fully saturated rings. The highest BCUT2D eigenvalue weighted by atomic mass is 32.2. The monoisotopic (exact) mass is 450 g/mol. The number of nitrogens with one attached hydrogen (secondary N) is 1. The van der Waals surface area contributed by atoms with Crippen LogP contribution >= 0.6 is 11.8 Å². The van der Waals surface area contributed by atoms with Gasteiger partial charge in [0.05, 0.1) is 10.6 Å². The SMILES string of the molecule is Cc1ccc(S(=O)(=O)N2CCCCC2)cc1NC(=O)CSC(C)c1ccccc1F. The van der Waals surface area contributed by atoms with Crippen molar-refractivity contribution < 1.29 is 17.6 Å². The van der Waals surface area contributed by atoms with E-state index in [0.29, 0.717) is 24.3 Å². The molecule has 0 spiro atoms. The topological polar surface area (TPSA) is 66.5 Å². The second-order valence-corrected chi connectivity index (χ2v) is 10.7. The molecular weight excluding hydrogens is 423 g/mol. The molecule has 1 N–H and O–H groups in total. The fourth-order valence-electron chi connectivity index (χ4n) is 3.43. The Bertz CT molecular complexity index is 1010. The van der Waals surface area contributed by atoms with E-state index < -0.39 is 10.0 Å². The van der Waals surface area contributed by atoms with Gasteiger partial charge < -0.3 is 5.32 Å². The van der Waals surface area contributed by atoms with Crippen LogP contribution in [0.2, 0.25) is 0 Å². The van der Waals surface area contributed by atoms with E-state index in [1.807, 2.05) is 13.8 Å². The smallest absolute Gasteiger partial charge is 0.243 e. The van der Waals surface area contributed by atoms with Gasteiger partial charge in [0.1, 0.15) is 5.82 Å². The van der Waals surface area contributed by atoms with Gasteiger partial charge in [-0.25, -0.2) is 12.8 Å². The van der Waals surface area contributed by atoms with Crippen LogP contribution in [0, 0.1) is 12.7 Å². The quantitative estimate of drug-likeness (QED) is 0.662. The van der Waals surface area contributed by atoms with Gasteiger partial charge in [0.25, 0.3) is 0 Å². The Hall–Kier alpha value is -1.90. The number of piperidine rings is 1. The predicted octanol–water partition coefficient (Wildman–Crippen LogP) is 4.74. The van der Waals surface area contributed by atoms with Gasteiger partial charge in [-0.05, 0) is 50.5 Å². The molecule has 1 unspecified atom stereocenters. The van der Waals surface area contributed by atoms with Crippen LogP contribution in [0.3, 0.4) is 0 Å². The molecule has 162 valence electrons. The van der Waals surface area contributed by atoms with E-state index in [2.05, 4.69) is 5.32 Å². The lowest BCUT2D eigenvalue weighted by atomic mass is 10.1. The largest absolute Gasteiger partial charge is 0.325 e. The average Bonchev–Trinajstić information content (AvgIpc) is 2.74. The second-order valence-electron chi connectivity index (χ2n) is 7.46. The van der Waals surface area contributed by atoms with Gasteiger partial charge in [0.2, 0.25) is 15.9 Å². The maximum absolute atomic E-state index is 13.9. The molecular formula is C22H27FN2O3S2. The van der Waals surface area contributed by atoms with Gasteiger partial charge in [-0.15, -0.1) is 11.8 Å². The summed E-state index contributed by atoms with van der Waals surface area (Å²) in [6, 6.07) is 11.4. The standard InChI is InChI=1S/C22H27FN2O3S2/c1-16-10-11-18(30(27,28)25-12-6-3-7-13-25)14-21(16)24-22(26)15-29-17(2)19-8-4-5-9-20(19)23/h4-5,8-11,14,17H,3,6-7,12-13,15H2,1-2H3,(H,24,26). The first kappa shape index (κ1) is 22.8. The van der Waals surface area contributed by atoms with E-state index in [4.69, 9.17) is 0 Å². The highest BCUT2D eigenvalue weighted by Crippen LogP contribution is 2.30. The number of carbonyl (C=O) groups excluding carboxylic acids is 1. The van der Waals surface area contributed by atoms with Crippen molar-refractivity contribution in [1.82, 2.24) is 4.31 Å². The molecule has 1 atom stereocenters. The van der Waals surface area contributed by atoms with Crippen LogP contribution in [0.15, 0.2) is 47.4 Å². The molecule has 5 nitrogen and oxygen atoms in total. The summed E-state index contributed by atoms with van der Waals surface area (Å²) < 4.78 is 41.2. The van der Waals surface area contributed by atoms with Crippen molar-refractivity contribution >= 4 is 33.4 Å². The molecule has 1 aliphatic rings. The first-order valence-electron chi connectivity index (χ1n) is 10.1. The third-order valence-corrected chi connectivity index (χ3v) is 8.32. The first-order chi connectivity index (χ1) is 14.3. The van der Waals surface area contributed by atoms with Crippen molar-refractivity contribution in [2.75, 3.05) is 24.2 Å². The zero-order chi connectivity index (χ0) is 21.7. The van der Waals surface area contributed by atoms with Crippen LogP contribution in [-0.2, 0) is 14.8 Å². The Morgan fingerprint density at radius 2 is 1.87 bits per heavy atom. The number of rotatable bonds is 7. The molecule has 8 heteroatoms. The van der Waals surface area contributed by atoms with E-state index in [1.54, 1.807) is 30.3 Å². The lowest BCUT2D eigenvalue weighted by Crippen LogP contribution is -2.35. The van der Waals surface area contributed by atoms with Crippen molar-refractivity contribution in [2.24, 2.45) is 0 Å². The molecule has 1 heterocycles. The third-order valence-electron chi connectivity index (χ3n) is 5.24. The zero-order valence-electron chi connectivity index (χ0n) is 17.2. The van der Waals surface area contributed by atoms with Gasteiger partial charge in [-0.3, -0.25) is 4.79 Å². The number of benzene rings is 2. The summed E-state index contributed by atoms with van der Waals surface area (Å²) in [5.74, 6) is -0.402. The second kappa shape index (κ2) is 9.94. The van der Waals surface area contributed by atoms with E-state index >= 15 is 0 Å². The maximum Gasteiger partial charge on any atom is 0.243 e. The lowest BCUT2D eigenvalue weighted by Gasteiger charge is -2.26. The van der Waals surface area contributed by atoms with Gasteiger partial charge in [-0.2, -0.15) is 4.31 Å². The third kappa shape index (κ3) is 5.42. The maximum atomic E-state index is 13.9. The fraction of sp³-hybridized carbons (Fsp3) is 0.409. The molecule has 30 heavy (non-hydrogen) atoms. The van der Waals surface area contributed by atoms with Crippen LogP contribution in [0.25, 0.3) is 0 Å². The summed E-state index contributed by atoms with van der Waals surface area (Å²) in [4.78, 5) is 12.7. The first-order valence-corrected chi connectivity index (χ1v) is 12.5. The number of hydrogen-bond acceptors (Lipinski definition) is 4. The molecule has 0 aromatic heterocycles. The van der Waals surface area contributed by atoms with Crippen LogP contribution in [0.1, 0.15) is 42.6 Å². The van der Waals surface area contributed by atoms with Crippen LogP contribution in [0.5, 0.6) is 0 Å². The summed E-state index contributed by atoms with van der Waals surface area (Å²) >= 11 is 1.33. The number of carbonyl (C=O) groups is 1. The Labute approximate surface area is 182 Å². The summed E-state index contributed by atoms with van der Waals surface area (Å²) in [5, 5.41) is 2.63. The molecule has 2 aromatic rings. The molecule has 0 saturated carbocycles. The minimum atomic E-state index is -3.57. The fourth-order valence-corrected chi connectivity index (χ4v) is 5.82. The predicted molar refractivity (Wildman–Crippen MR) is 120 cm³/mol. The van der Waals surface area contributed by atoms with Crippen molar-refractivity contribution in [3.05, 3.63) is 59.4 Å². The van der Waals surface area contributed by atoms with Gasteiger partial charge in [-0.1, -0.05) is 30.7 Å². The highest BCUT2D eigenvalue weighted by molar-refractivity contribution is 8.00. The minimum absolute atomic E-state index is 0.137. The summed E-state index contributed by atoms with van der Waals surface area (Å²) in [5.41, 5.74) is 1.83. The van der Waals surface area contributed by atoms with E-state index in [1.165, 1.54) is 28.2 Å². The molecule has 3 rings (SSSR count). The number of hydrogen-bond donors (Lipinski definition) is 1. The summed E-state index contributed by atoms with van der Waals surface area (Å²) in [6.07, 6.45) is 2.78.